The molecule has 0 saturated carbocycles. The first-order valence-corrected chi connectivity index (χ1v) is 8.60. The van der Waals surface area contributed by atoms with Crippen molar-refractivity contribution in [2.45, 2.75) is 6.10 Å². The Kier molecular flexibility index (Phi) is 3.42. The minimum atomic E-state index is -2.26. The molecule has 3 aromatic rings. The number of hydrogen-bond acceptors (Lipinski definition) is 2. The summed E-state index contributed by atoms with van der Waals surface area (Å²) >= 11 is 0. The summed E-state index contributed by atoms with van der Waals surface area (Å²) in [7, 11) is -2.26. The molecule has 108 valence electrons. The lowest BCUT2D eigenvalue weighted by Gasteiger charge is -2.21. The van der Waals surface area contributed by atoms with E-state index in [-0.39, 0.29) is 6.10 Å². The van der Waals surface area contributed by atoms with Gasteiger partial charge in [-0.1, -0.05) is 66.7 Å². The Morgan fingerprint density at radius 1 is 0.864 bits per heavy atom. The van der Waals surface area contributed by atoms with Gasteiger partial charge in [-0.2, -0.15) is 0 Å². The summed E-state index contributed by atoms with van der Waals surface area (Å²) in [4.78, 5) is 0. The van der Waals surface area contributed by atoms with Crippen LogP contribution in [0.1, 0.15) is 17.2 Å². The van der Waals surface area contributed by atoms with E-state index >= 15 is 0 Å². The van der Waals surface area contributed by atoms with E-state index in [0.29, 0.717) is 0 Å². The SMILES string of the molecule is O=[PH](OC1C=Cc2cccc3cccc1c23)c1ccccc1. The molecule has 0 N–H and O–H groups in total. The van der Waals surface area contributed by atoms with Crippen LogP contribution in [0.25, 0.3) is 16.8 Å². The van der Waals surface area contributed by atoms with Gasteiger partial charge in [0.1, 0.15) is 6.10 Å². The lowest BCUT2D eigenvalue weighted by Crippen LogP contribution is -2.05. The first-order valence-electron chi connectivity index (χ1n) is 7.29. The van der Waals surface area contributed by atoms with Crippen molar-refractivity contribution in [3.63, 3.8) is 0 Å². The van der Waals surface area contributed by atoms with Crippen LogP contribution in [0.15, 0.2) is 72.8 Å². The van der Waals surface area contributed by atoms with Crippen LogP contribution in [0.4, 0.5) is 0 Å². The molecule has 0 spiro atoms. The van der Waals surface area contributed by atoms with E-state index in [1.54, 1.807) is 0 Å². The molecule has 3 heteroatoms. The summed E-state index contributed by atoms with van der Waals surface area (Å²) in [6.45, 7) is 0. The third-order valence-electron chi connectivity index (χ3n) is 3.97. The summed E-state index contributed by atoms with van der Waals surface area (Å²) < 4.78 is 18.4. The Hall–Kier alpha value is -2.15. The maximum Gasteiger partial charge on any atom is 0.221 e. The van der Waals surface area contributed by atoms with Crippen LogP contribution in [-0.4, -0.2) is 0 Å². The van der Waals surface area contributed by atoms with E-state index in [0.717, 1.165) is 10.9 Å². The van der Waals surface area contributed by atoms with Crippen LogP contribution in [0, 0.1) is 0 Å². The zero-order chi connectivity index (χ0) is 14.9. The number of benzene rings is 3. The average molecular weight is 306 g/mol. The van der Waals surface area contributed by atoms with Crippen LogP contribution in [0.5, 0.6) is 0 Å². The van der Waals surface area contributed by atoms with Crippen molar-refractivity contribution in [3.8, 4) is 0 Å². The Morgan fingerprint density at radius 2 is 1.64 bits per heavy atom. The lowest BCUT2D eigenvalue weighted by molar-refractivity contribution is 0.276. The molecule has 1 aliphatic carbocycles. The fraction of sp³-hybridized carbons (Fsp3) is 0.0526. The summed E-state index contributed by atoms with van der Waals surface area (Å²) in [5.74, 6) is 0. The van der Waals surface area contributed by atoms with Crippen molar-refractivity contribution in [2.24, 2.45) is 0 Å². The van der Waals surface area contributed by atoms with Crippen molar-refractivity contribution in [2.75, 3.05) is 0 Å². The van der Waals surface area contributed by atoms with Gasteiger partial charge in [0.15, 0.2) is 0 Å². The van der Waals surface area contributed by atoms with Gasteiger partial charge in [0.2, 0.25) is 8.03 Å². The first-order chi connectivity index (χ1) is 10.8. The second kappa shape index (κ2) is 5.57. The molecule has 3 aromatic carbocycles. The van der Waals surface area contributed by atoms with Gasteiger partial charge in [-0.3, -0.25) is 4.57 Å². The van der Waals surface area contributed by atoms with Crippen molar-refractivity contribution in [1.82, 2.24) is 0 Å². The molecule has 1 aliphatic rings. The minimum absolute atomic E-state index is 0.259. The van der Waals surface area contributed by atoms with E-state index < -0.39 is 8.03 Å². The molecule has 22 heavy (non-hydrogen) atoms. The molecule has 2 nitrogen and oxygen atoms in total. The maximum atomic E-state index is 12.5. The molecule has 2 unspecified atom stereocenters. The van der Waals surface area contributed by atoms with Crippen LogP contribution in [0.2, 0.25) is 0 Å². The topological polar surface area (TPSA) is 26.3 Å². The molecule has 0 heterocycles. The molecular weight excluding hydrogens is 291 g/mol. The third kappa shape index (κ3) is 2.31. The minimum Gasteiger partial charge on any atom is -0.315 e. The largest absolute Gasteiger partial charge is 0.315 e. The molecule has 2 atom stereocenters. The molecule has 0 aliphatic heterocycles. The highest BCUT2D eigenvalue weighted by atomic mass is 31.1. The third-order valence-corrected chi connectivity index (χ3v) is 5.24. The zero-order valence-electron chi connectivity index (χ0n) is 11.9. The van der Waals surface area contributed by atoms with Gasteiger partial charge in [0.25, 0.3) is 0 Å². The predicted octanol–water partition coefficient (Wildman–Crippen LogP) is 4.72. The van der Waals surface area contributed by atoms with E-state index in [4.69, 9.17) is 4.52 Å². The highest BCUT2D eigenvalue weighted by molar-refractivity contribution is 7.48. The van der Waals surface area contributed by atoms with Crippen molar-refractivity contribution >= 4 is 30.2 Å². The van der Waals surface area contributed by atoms with Crippen LogP contribution in [-0.2, 0) is 9.09 Å². The number of rotatable bonds is 3. The molecule has 0 saturated heterocycles. The summed E-state index contributed by atoms with van der Waals surface area (Å²) in [5.41, 5.74) is 2.28. The molecule has 4 rings (SSSR count). The monoisotopic (exact) mass is 306 g/mol. The normalized spacial score (nSPS) is 17.5. The Morgan fingerprint density at radius 3 is 2.45 bits per heavy atom. The fourth-order valence-corrected chi connectivity index (χ4v) is 3.97. The van der Waals surface area contributed by atoms with Crippen LogP contribution >= 0.6 is 8.03 Å². The van der Waals surface area contributed by atoms with Gasteiger partial charge in [-0.05, 0) is 34.0 Å². The summed E-state index contributed by atoms with van der Waals surface area (Å²) in [5, 5.41) is 3.14. The van der Waals surface area contributed by atoms with E-state index in [2.05, 4.69) is 36.4 Å². The van der Waals surface area contributed by atoms with E-state index in [1.807, 2.05) is 42.5 Å². The van der Waals surface area contributed by atoms with Crippen LogP contribution < -0.4 is 5.30 Å². The molecule has 0 aromatic heterocycles. The summed E-state index contributed by atoms with van der Waals surface area (Å²) in [6, 6.07) is 21.8. The second-order valence-electron chi connectivity index (χ2n) is 5.34. The highest BCUT2D eigenvalue weighted by Gasteiger charge is 2.20. The van der Waals surface area contributed by atoms with Crippen molar-refractivity contribution < 1.29 is 9.09 Å². The number of hydrogen-bond donors (Lipinski definition) is 0. The maximum absolute atomic E-state index is 12.5. The summed E-state index contributed by atoms with van der Waals surface area (Å²) in [6.07, 6.45) is 3.79. The van der Waals surface area contributed by atoms with Gasteiger partial charge in [-0.25, -0.2) is 0 Å². The van der Waals surface area contributed by atoms with Crippen molar-refractivity contribution in [3.05, 3.63) is 83.9 Å². The Bertz CT molecular complexity index is 879. The molecule has 0 fully saturated rings. The molecule has 0 bridgehead atoms. The van der Waals surface area contributed by atoms with Gasteiger partial charge in [0, 0.05) is 5.30 Å². The molecular formula is C19H15O2P. The first kappa shape index (κ1) is 13.5. The molecule has 0 amide bonds. The smallest absolute Gasteiger partial charge is 0.221 e. The Labute approximate surface area is 129 Å². The van der Waals surface area contributed by atoms with Gasteiger partial charge >= 0.3 is 0 Å². The Balaban J connectivity index is 1.72. The lowest BCUT2D eigenvalue weighted by atomic mass is 9.92. The van der Waals surface area contributed by atoms with E-state index in [9.17, 15) is 4.57 Å². The van der Waals surface area contributed by atoms with Gasteiger partial charge < -0.3 is 4.52 Å². The quantitative estimate of drug-likeness (QED) is 0.654. The average Bonchev–Trinajstić information content (AvgIpc) is 2.58. The fourth-order valence-electron chi connectivity index (χ4n) is 2.93. The predicted molar refractivity (Wildman–Crippen MR) is 91.9 cm³/mol. The molecule has 0 radical (unpaired) electrons. The van der Waals surface area contributed by atoms with Crippen LogP contribution in [0.3, 0.4) is 0 Å². The zero-order valence-corrected chi connectivity index (χ0v) is 12.9. The highest BCUT2D eigenvalue weighted by Crippen LogP contribution is 2.40. The standard InChI is InChI=1S/C19H15O2P/c20-22(16-9-2-1-3-10-16)21-18-13-12-15-7-4-6-14-8-5-11-17(18)19(14)15/h1-13,18,22H. The van der Waals surface area contributed by atoms with E-state index in [1.165, 1.54) is 16.3 Å². The second-order valence-corrected chi connectivity index (χ2v) is 6.73. The van der Waals surface area contributed by atoms with Crippen molar-refractivity contribution in [1.29, 1.82) is 0 Å². The van der Waals surface area contributed by atoms with Gasteiger partial charge in [-0.15, -0.1) is 0 Å². The van der Waals surface area contributed by atoms with Gasteiger partial charge in [0.05, 0.1) is 0 Å².